The van der Waals surface area contributed by atoms with Crippen LogP contribution in [0.3, 0.4) is 0 Å². The van der Waals surface area contributed by atoms with Crippen molar-refractivity contribution in [1.29, 1.82) is 0 Å². The monoisotopic (exact) mass is 311 g/mol. The fourth-order valence-electron chi connectivity index (χ4n) is 2.04. The van der Waals surface area contributed by atoms with Crippen LogP contribution in [0.1, 0.15) is 19.8 Å². The Morgan fingerprint density at radius 3 is 2.45 bits per heavy atom. The van der Waals surface area contributed by atoms with Gasteiger partial charge in [-0.15, -0.1) is 0 Å². The van der Waals surface area contributed by atoms with Gasteiger partial charge in [0.25, 0.3) is 9.05 Å². The van der Waals surface area contributed by atoms with Crippen LogP contribution in [-0.4, -0.2) is 14.3 Å². The Balaban J connectivity index is 2.57. The van der Waals surface area contributed by atoms with Gasteiger partial charge in [0.2, 0.25) is 5.91 Å². The van der Waals surface area contributed by atoms with Crippen LogP contribution in [0.5, 0.6) is 0 Å². The summed E-state index contributed by atoms with van der Waals surface area (Å²) in [5, 5.41) is 3.94. The Hall–Kier alpha value is -1.59. The molecule has 0 aliphatic carbocycles. The van der Waals surface area contributed by atoms with Crippen molar-refractivity contribution in [3.8, 4) is 0 Å². The Kier molecular flexibility index (Phi) is 4.30. The second-order valence-electron chi connectivity index (χ2n) is 4.39. The molecule has 0 atom stereocenters. The van der Waals surface area contributed by atoms with Gasteiger partial charge in [-0.25, -0.2) is 8.42 Å². The highest BCUT2D eigenvalue weighted by molar-refractivity contribution is 8.14. The number of nitrogens with one attached hydrogen (secondary N) is 1. The zero-order valence-corrected chi connectivity index (χ0v) is 12.5. The maximum absolute atomic E-state index is 11.7. The van der Waals surface area contributed by atoms with Crippen molar-refractivity contribution in [2.75, 3.05) is 5.32 Å². The van der Waals surface area contributed by atoms with Crippen molar-refractivity contribution in [1.82, 2.24) is 0 Å². The topological polar surface area (TPSA) is 63.2 Å². The predicted octanol–water partition coefficient (Wildman–Crippen LogP) is 3.51. The van der Waals surface area contributed by atoms with E-state index >= 15 is 0 Å². The molecule has 106 valence electrons. The highest BCUT2D eigenvalue weighted by Gasteiger charge is 2.15. The minimum Gasteiger partial charge on any atom is -0.326 e. The lowest BCUT2D eigenvalue weighted by molar-refractivity contribution is -0.116. The smallest absolute Gasteiger partial charge is 0.261 e. The molecule has 0 saturated carbocycles. The number of hydrogen-bond acceptors (Lipinski definition) is 3. The number of halogens is 1. The molecule has 1 N–H and O–H groups in total. The molecule has 2 rings (SSSR count). The first-order chi connectivity index (χ1) is 9.43. The van der Waals surface area contributed by atoms with Crippen LogP contribution < -0.4 is 5.32 Å². The molecule has 0 aromatic heterocycles. The van der Waals surface area contributed by atoms with Crippen LogP contribution in [0.15, 0.2) is 41.3 Å². The average Bonchev–Trinajstić information content (AvgIpc) is 2.37. The molecule has 20 heavy (non-hydrogen) atoms. The molecule has 0 aliphatic rings. The fraction of sp³-hybridized carbons (Fsp3) is 0.214. The van der Waals surface area contributed by atoms with E-state index in [1.165, 1.54) is 6.07 Å². The van der Waals surface area contributed by atoms with Gasteiger partial charge in [0.1, 0.15) is 0 Å². The van der Waals surface area contributed by atoms with Crippen LogP contribution in [0.25, 0.3) is 10.8 Å². The Morgan fingerprint density at radius 2 is 1.80 bits per heavy atom. The summed E-state index contributed by atoms with van der Waals surface area (Å²) in [4.78, 5) is 11.7. The average molecular weight is 312 g/mol. The number of fused-ring (bicyclic) bond motifs is 1. The Morgan fingerprint density at radius 1 is 1.15 bits per heavy atom. The van der Waals surface area contributed by atoms with E-state index in [1.807, 2.05) is 6.92 Å². The number of carbonyl (C=O) groups is 1. The fourth-order valence-corrected chi connectivity index (χ4v) is 3.13. The molecule has 4 nitrogen and oxygen atoms in total. The van der Waals surface area contributed by atoms with E-state index in [4.69, 9.17) is 10.7 Å². The van der Waals surface area contributed by atoms with Crippen molar-refractivity contribution in [2.45, 2.75) is 24.7 Å². The van der Waals surface area contributed by atoms with Crippen molar-refractivity contribution < 1.29 is 13.2 Å². The molecule has 6 heteroatoms. The highest BCUT2D eigenvalue weighted by atomic mass is 35.7. The van der Waals surface area contributed by atoms with E-state index in [0.29, 0.717) is 22.9 Å². The minimum absolute atomic E-state index is 0.0447. The Bertz CT molecular complexity index is 756. The van der Waals surface area contributed by atoms with Gasteiger partial charge in [-0.05, 0) is 18.6 Å². The predicted molar refractivity (Wildman–Crippen MR) is 80.5 cm³/mol. The van der Waals surface area contributed by atoms with E-state index in [0.717, 1.165) is 6.42 Å². The zero-order valence-electron chi connectivity index (χ0n) is 10.9. The standard InChI is InChI=1S/C14H14ClNO3S/c1-2-5-14(17)16-12-8-3-7-11-10(12)6-4-9-13(11)20(15,18)19/h3-4,6-9H,2,5H2,1H3,(H,16,17). The number of anilines is 1. The summed E-state index contributed by atoms with van der Waals surface area (Å²) >= 11 is 0. The maximum Gasteiger partial charge on any atom is 0.261 e. The number of amides is 1. The Labute approximate surface area is 122 Å². The third-order valence-corrected chi connectivity index (χ3v) is 4.28. The minimum atomic E-state index is -3.83. The van der Waals surface area contributed by atoms with Crippen LogP contribution in [-0.2, 0) is 13.8 Å². The summed E-state index contributed by atoms with van der Waals surface area (Å²) in [6.45, 7) is 1.92. The molecule has 0 fully saturated rings. The van der Waals surface area contributed by atoms with Gasteiger partial charge < -0.3 is 5.32 Å². The van der Waals surface area contributed by atoms with Gasteiger partial charge in [-0.3, -0.25) is 4.79 Å². The van der Waals surface area contributed by atoms with Gasteiger partial charge in [0, 0.05) is 33.6 Å². The molecule has 0 bridgehead atoms. The second-order valence-corrected chi connectivity index (χ2v) is 6.93. The maximum atomic E-state index is 11.7. The summed E-state index contributed by atoms with van der Waals surface area (Å²) < 4.78 is 23.1. The van der Waals surface area contributed by atoms with Gasteiger partial charge >= 0.3 is 0 Å². The van der Waals surface area contributed by atoms with Gasteiger partial charge in [-0.2, -0.15) is 0 Å². The SMILES string of the molecule is CCCC(=O)Nc1cccc2c(S(=O)(=O)Cl)cccc12. The van der Waals surface area contributed by atoms with Crippen LogP contribution in [0, 0.1) is 0 Å². The molecular formula is C14H14ClNO3S. The molecule has 0 saturated heterocycles. The number of benzene rings is 2. The van der Waals surface area contributed by atoms with E-state index in [9.17, 15) is 13.2 Å². The molecule has 2 aromatic carbocycles. The van der Waals surface area contributed by atoms with Crippen molar-refractivity contribution in [2.24, 2.45) is 0 Å². The molecule has 0 radical (unpaired) electrons. The summed E-state index contributed by atoms with van der Waals surface area (Å²) in [5.74, 6) is -0.0980. The van der Waals surface area contributed by atoms with E-state index in [1.54, 1.807) is 30.3 Å². The van der Waals surface area contributed by atoms with Gasteiger partial charge in [0.15, 0.2) is 0 Å². The summed E-state index contributed by atoms with van der Waals surface area (Å²) in [7, 11) is 1.60. The van der Waals surface area contributed by atoms with Crippen molar-refractivity contribution >= 4 is 42.1 Å². The van der Waals surface area contributed by atoms with E-state index in [2.05, 4.69) is 5.32 Å². The summed E-state index contributed by atoms with van der Waals surface area (Å²) in [6, 6.07) is 9.90. The first-order valence-electron chi connectivity index (χ1n) is 6.19. The largest absolute Gasteiger partial charge is 0.326 e. The van der Waals surface area contributed by atoms with Crippen LogP contribution in [0.2, 0.25) is 0 Å². The van der Waals surface area contributed by atoms with Gasteiger partial charge in [-0.1, -0.05) is 31.2 Å². The van der Waals surface area contributed by atoms with Crippen molar-refractivity contribution in [3.05, 3.63) is 36.4 Å². The van der Waals surface area contributed by atoms with Gasteiger partial charge in [0.05, 0.1) is 4.90 Å². The van der Waals surface area contributed by atoms with Crippen LogP contribution in [0.4, 0.5) is 5.69 Å². The second kappa shape index (κ2) is 5.81. The van der Waals surface area contributed by atoms with Crippen molar-refractivity contribution in [3.63, 3.8) is 0 Å². The lowest BCUT2D eigenvalue weighted by Crippen LogP contribution is -2.10. The highest BCUT2D eigenvalue weighted by Crippen LogP contribution is 2.30. The molecule has 0 spiro atoms. The number of rotatable bonds is 4. The summed E-state index contributed by atoms with van der Waals surface area (Å²) in [5.41, 5.74) is 0.586. The quantitative estimate of drug-likeness (QED) is 0.879. The van der Waals surface area contributed by atoms with E-state index in [-0.39, 0.29) is 10.8 Å². The summed E-state index contributed by atoms with van der Waals surface area (Å²) in [6.07, 6.45) is 1.17. The molecular weight excluding hydrogens is 298 g/mol. The molecule has 0 unspecified atom stereocenters. The molecule has 1 amide bonds. The zero-order chi connectivity index (χ0) is 14.8. The molecule has 2 aromatic rings. The first-order valence-corrected chi connectivity index (χ1v) is 8.50. The molecule has 0 heterocycles. The molecule has 0 aliphatic heterocycles. The first kappa shape index (κ1) is 14.8. The third kappa shape index (κ3) is 3.11. The number of carbonyl (C=O) groups excluding carboxylic acids is 1. The lowest BCUT2D eigenvalue weighted by atomic mass is 10.1. The number of hydrogen-bond donors (Lipinski definition) is 1. The van der Waals surface area contributed by atoms with Crippen LogP contribution >= 0.6 is 10.7 Å². The normalized spacial score (nSPS) is 11.5. The lowest BCUT2D eigenvalue weighted by Gasteiger charge is -2.10. The van der Waals surface area contributed by atoms with E-state index < -0.39 is 9.05 Å². The third-order valence-electron chi connectivity index (χ3n) is 2.90.